The predicted octanol–water partition coefficient (Wildman–Crippen LogP) is 5.35. The van der Waals surface area contributed by atoms with Crippen LogP contribution in [0.5, 0.6) is 11.5 Å². The van der Waals surface area contributed by atoms with Gasteiger partial charge in [-0.3, -0.25) is 14.9 Å². The van der Waals surface area contributed by atoms with Gasteiger partial charge < -0.3 is 14.8 Å². The molecule has 0 saturated heterocycles. The van der Waals surface area contributed by atoms with Crippen molar-refractivity contribution in [2.24, 2.45) is 0 Å². The summed E-state index contributed by atoms with van der Waals surface area (Å²) < 4.78 is 10.5. The van der Waals surface area contributed by atoms with Gasteiger partial charge in [0.2, 0.25) is 0 Å². The number of rotatable bonds is 9. The fraction of sp³-hybridized carbons (Fsp3) is 0.208. The summed E-state index contributed by atoms with van der Waals surface area (Å²) in [6, 6.07) is 18.6. The van der Waals surface area contributed by atoms with Crippen molar-refractivity contribution in [1.29, 1.82) is 0 Å². The van der Waals surface area contributed by atoms with Gasteiger partial charge in [-0.2, -0.15) is 0 Å². The number of hydrogen-bond donors (Lipinski definition) is 1. The molecule has 1 atom stereocenters. The number of aryl methyl sites for hydroxylation is 1. The zero-order chi connectivity index (χ0) is 22.4. The molecule has 0 fully saturated rings. The van der Waals surface area contributed by atoms with Gasteiger partial charge in [0.15, 0.2) is 17.3 Å². The van der Waals surface area contributed by atoms with E-state index in [1.54, 1.807) is 30.3 Å². The summed E-state index contributed by atoms with van der Waals surface area (Å²) in [5.41, 5.74) is 3.04. The van der Waals surface area contributed by atoms with E-state index in [0.29, 0.717) is 22.6 Å². The topological polar surface area (TPSA) is 90.7 Å². The lowest BCUT2D eigenvalue weighted by atomic mass is 9.97. The highest BCUT2D eigenvalue weighted by Gasteiger charge is 2.20. The van der Waals surface area contributed by atoms with E-state index in [9.17, 15) is 14.9 Å². The molecular weight excluding hydrogens is 396 g/mol. The van der Waals surface area contributed by atoms with E-state index in [2.05, 4.69) is 5.32 Å². The monoisotopic (exact) mass is 420 g/mol. The number of methoxy groups -OCH3 is 2. The first-order valence-electron chi connectivity index (χ1n) is 9.74. The van der Waals surface area contributed by atoms with Crippen LogP contribution >= 0.6 is 0 Å². The SMILES string of the molecule is COc1ccc(C(=O)CC(Nc2ccc(C)cc2)c2cccc([N+](=O)[O-])c2)cc1OC. The summed E-state index contributed by atoms with van der Waals surface area (Å²) in [4.78, 5) is 23.9. The molecule has 0 heterocycles. The number of nitrogens with zero attached hydrogens (tertiary/aromatic N) is 1. The van der Waals surface area contributed by atoms with Gasteiger partial charge >= 0.3 is 0 Å². The summed E-state index contributed by atoms with van der Waals surface area (Å²) in [5.74, 6) is 0.871. The van der Waals surface area contributed by atoms with Crippen LogP contribution in [-0.4, -0.2) is 24.9 Å². The first-order valence-corrected chi connectivity index (χ1v) is 9.74. The minimum absolute atomic E-state index is 0.0215. The maximum Gasteiger partial charge on any atom is 0.269 e. The molecule has 7 heteroatoms. The molecule has 3 aromatic rings. The highest BCUT2D eigenvalue weighted by molar-refractivity contribution is 5.97. The average Bonchev–Trinajstić information content (AvgIpc) is 2.79. The van der Waals surface area contributed by atoms with E-state index in [0.717, 1.165) is 11.3 Å². The number of anilines is 1. The Morgan fingerprint density at radius 1 is 1.00 bits per heavy atom. The minimum atomic E-state index is -0.455. The van der Waals surface area contributed by atoms with Crippen LogP contribution in [0.15, 0.2) is 66.7 Å². The first-order chi connectivity index (χ1) is 14.9. The highest BCUT2D eigenvalue weighted by Crippen LogP contribution is 2.31. The number of Topliss-reactive ketones (excluding diaryl/α,β-unsaturated/α-hetero) is 1. The number of nitro benzene ring substituents is 1. The third kappa shape index (κ3) is 5.39. The lowest BCUT2D eigenvalue weighted by molar-refractivity contribution is -0.384. The molecule has 0 aromatic heterocycles. The molecule has 0 aliphatic rings. The highest BCUT2D eigenvalue weighted by atomic mass is 16.6. The molecule has 0 saturated carbocycles. The van der Waals surface area contributed by atoms with Crippen LogP contribution in [0.3, 0.4) is 0 Å². The summed E-state index contributed by atoms with van der Waals surface area (Å²) in [6.07, 6.45) is 0.102. The van der Waals surface area contributed by atoms with Crippen molar-refractivity contribution in [3.05, 3.63) is 93.5 Å². The van der Waals surface area contributed by atoms with Gasteiger partial charge in [-0.15, -0.1) is 0 Å². The fourth-order valence-corrected chi connectivity index (χ4v) is 3.27. The molecule has 0 aliphatic heterocycles. The molecule has 0 bridgehead atoms. The van der Waals surface area contributed by atoms with Crippen molar-refractivity contribution in [3.63, 3.8) is 0 Å². The second kappa shape index (κ2) is 9.75. The third-order valence-corrected chi connectivity index (χ3v) is 4.97. The standard InChI is InChI=1S/C24H24N2O5/c1-16-7-10-19(11-8-16)25-21(17-5-4-6-20(13-17)26(28)29)15-22(27)18-9-12-23(30-2)24(14-18)31-3/h4-14,21,25H,15H2,1-3H3. The van der Waals surface area contributed by atoms with E-state index < -0.39 is 11.0 Å². The number of ketones is 1. The number of nitrogens with one attached hydrogen (secondary N) is 1. The largest absolute Gasteiger partial charge is 0.493 e. The molecule has 0 aliphatic carbocycles. The molecule has 160 valence electrons. The number of carbonyl (C=O) groups excluding carboxylic acids is 1. The van der Waals surface area contributed by atoms with Crippen molar-refractivity contribution in [2.45, 2.75) is 19.4 Å². The molecule has 0 amide bonds. The number of hydrogen-bond acceptors (Lipinski definition) is 6. The zero-order valence-electron chi connectivity index (χ0n) is 17.6. The molecule has 31 heavy (non-hydrogen) atoms. The molecule has 1 unspecified atom stereocenters. The van der Waals surface area contributed by atoms with Crippen LogP contribution in [0.4, 0.5) is 11.4 Å². The summed E-state index contributed by atoms with van der Waals surface area (Å²) in [7, 11) is 3.04. The molecule has 1 N–H and O–H groups in total. The van der Waals surface area contributed by atoms with E-state index in [-0.39, 0.29) is 17.9 Å². The van der Waals surface area contributed by atoms with Gasteiger partial charge in [0.25, 0.3) is 5.69 Å². The third-order valence-electron chi connectivity index (χ3n) is 4.97. The van der Waals surface area contributed by atoms with Gasteiger partial charge in [0.1, 0.15) is 0 Å². The zero-order valence-corrected chi connectivity index (χ0v) is 17.6. The van der Waals surface area contributed by atoms with Gasteiger partial charge in [0.05, 0.1) is 25.2 Å². The Balaban J connectivity index is 1.92. The van der Waals surface area contributed by atoms with Crippen molar-refractivity contribution in [1.82, 2.24) is 0 Å². The maximum absolute atomic E-state index is 13.1. The Labute approximate surface area is 180 Å². The molecule has 0 spiro atoms. The minimum Gasteiger partial charge on any atom is -0.493 e. The summed E-state index contributed by atoms with van der Waals surface area (Å²) in [6.45, 7) is 1.99. The van der Waals surface area contributed by atoms with Crippen molar-refractivity contribution < 1.29 is 19.2 Å². The number of non-ortho nitro benzene ring substituents is 1. The lowest BCUT2D eigenvalue weighted by Gasteiger charge is -2.20. The van der Waals surface area contributed by atoms with Crippen LogP contribution in [-0.2, 0) is 0 Å². The number of nitro groups is 1. The first kappa shape index (κ1) is 21.8. The Kier molecular flexibility index (Phi) is 6.87. The Morgan fingerprint density at radius 2 is 1.71 bits per heavy atom. The molecule has 3 rings (SSSR count). The number of ether oxygens (including phenoxy) is 2. The number of carbonyl (C=O) groups is 1. The van der Waals surface area contributed by atoms with Crippen LogP contribution in [0.25, 0.3) is 0 Å². The van der Waals surface area contributed by atoms with E-state index >= 15 is 0 Å². The van der Waals surface area contributed by atoms with Crippen LogP contribution in [0, 0.1) is 17.0 Å². The lowest BCUT2D eigenvalue weighted by Crippen LogP contribution is -2.16. The van der Waals surface area contributed by atoms with Gasteiger partial charge in [-0.25, -0.2) is 0 Å². The van der Waals surface area contributed by atoms with Crippen molar-refractivity contribution in [3.8, 4) is 11.5 Å². The second-order valence-corrected chi connectivity index (χ2v) is 7.11. The van der Waals surface area contributed by atoms with Gasteiger partial charge in [-0.05, 0) is 42.8 Å². The Hall–Kier alpha value is -3.87. The maximum atomic E-state index is 13.1. The molecule has 0 radical (unpaired) electrons. The van der Waals surface area contributed by atoms with Gasteiger partial charge in [0, 0.05) is 29.8 Å². The van der Waals surface area contributed by atoms with Gasteiger partial charge in [-0.1, -0.05) is 29.8 Å². The van der Waals surface area contributed by atoms with E-state index in [1.165, 1.54) is 26.4 Å². The average molecular weight is 420 g/mol. The van der Waals surface area contributed by atoms with Crippen molar-refractivity contribution in [2.75, 3.05) is 19.5 Å². The smallest absolute Gasteiger partial charge is 0.269 e. The molecule has 3 aromatic carbocycles. The van der Waals surface area contributed by atoms with E-state index in [4.69, 9.17) is 9.47 Å². The predicted molar refractivity (Wildman–Crippen MR) is 119 cm³/mol. The fourth-order valence-electron chi connectivity index (χ4n) is 3.27. The van der Waals surface area contributed by atoms with Crippen LogP contribution in [0.2, 0.25) is 0 Å². The summed E-state index contributed by atoms with van der Waals surface area (Å²) in [5, 5.41) is 14.6. The van der Waals surface area contributed by atoms with Crippen LogP contribution < -0.4 is 14.8 Å². The second-order valence-electron chi connectivity index (χ2n) is 7.11. The summed E-state index contributed by atoms with van der Waals surface area (Å²) >= 11 is 0. The molecule has 7 nitrogen and oxygen atoms in total. The quantitative estimate of drug-likeness (QED) is 0.285. The normalized spacial score (nSPS) is 11.5. The Morgan fingerprint density at radius 3 is 2.35 bits per heavy atom. The van der Waals surface area contributed by atoms with E-state index in [1.807, 2.05) is 31.2 Å². The molecular formula is C24H24N2O5. The number of benzene rings is 3. The Bertz CT molecular complexity index is 1080. The van der Waals surface area contributed by atoms with Crippen LogP contribution in [0.1, 0.15) is 33.9 Å². The van der Waals surface area contributed by atoms with Crippen molar-refractivity contribution >= 4 is 17.2 Å².